The van der Waals surface area contributed by atoms with E-state index in [1.54, 1.807) is 12.1 Å². The zero-order chi connectivity index (χ0) is 14.2. The summed E-state index contributed by atoms with van der Waals surface area (Å²) in [5, 5.41) is 17.4. The number of pyridine rings is 1. The average Bonchev–Trinajstić information content (AvgIpc) is 2.91. The van der Waals surface area contributed by atoms with E-state index in [9.17, 15) is 0 Å². The predicted molar refractivity (Wildman–Crippen MR) is 76.3 cm³/mol. The molecule has 0 N–H and O–H groups in total. The molecule has 4 heteroatoms. The molecule has 0 radical (unpaired) electrons. The van der Waals surface area contributed by atoms with Crippen LogP contribution in [0, 0.1) is 11.3 Å². The molecule has 0 bridgehead atoms. The largest absolute Gasteiger partial charge is 0.286 e. The summed E-state index contributed by atoms with van der Waals surface area (Å²) in [5.74, 6) is 0.864. The maximum Gasteiger partial charge on any atom is 0.162 e. The Hall–Kier alpha value is -2.67. The van der Waals surface area contributed by atoms with Crippen LogP contribution in [-0.2, 0) is 5.41 Å². The van der Waals surface area contributed by atoms with Gasteiger partial charge in [0.05, 0.1) is 17.0 Å². The third-order valence-electron chi connectivity index (χ3n) is 3.59. The second-order valence-electron chi connectivity index (χ2n) is 5.27. The average molecular weight is 262 g/mol. The molecule has 98 valence electrons. The van der Waals surface area contributed by atoms with Crippen LogP contribution in [0.25, 0.3) is 5.65 Å². The molecule has 0 saturated heterocycles. The van der Waals surface area contributed by atoms with Gasteiger partial charge in [0.15, 0.2) is 5.65 Å². The fourth-order valence-electron chi connectivity index (χ4n) is 2.37. The molecule has 0 saturated carbocycles. The molecule has 4 nitrogen and oxygen atoms in total. The van der Waals surface area contributed by atoms with Gasteiger partial charge in [-0.3, -0.25) is 4.40 Å². The van der Waals surface area contributed by atoms with Gasteiger partial charge < -0.3 is 0 Å². The van der Waals surface area contributed by atoms with E-state index >= 15 is 0 Å². The minimum Gasteiger partial charge on any atom is -0.286 e. The number of rotatable bonds is 2. The molecule has 3 rings (SSSR count). The second kappa shape index (κ2) is 4.46. The summed E-state index contributed by atoms with van der Waals surface area (Å²) in [6.45, 7) is 4.24. The first-order valence-electron chi connectivity index (χ1n) is 6.44. The Morgan fingerprint density at radius 3 is 2.55 bits per heavy atom. The smallest absolute Gasteiger partial charge is 0.162 e. The Morgan fingerprint density at radius 1 is 1.10 bits per heavy atom. The number of fused-ring (bicyclic) bond motifs is 1. The van der Waals surface area contributed by atoms with Crippen molar-refractivity contribution < 1.29 is 0 Å². The first kappa shape index (κ1) is 12.4. The molecule has 0 aliphatic rings. The predicted octanol–water partition coefficient (Wildman–Crippen LogP) is 2.93. The molecular weight excluding hydrogens is 248 g/mol. The van der Waals surface area contributed by atoms with Crippen LogP contribution in [0.15, 0.2) is 48.7 Å². The minimum atomic E-state index is -0.255. The van der Waals surface area contributed by atoms with E-state index in [0.717, 1.165) is 5.82 Å². The maximum absolute atomic E-state index is 8.93. The number of hydrogen-bond donors (Lipinski definition) is 0. The second-order valence-corrected chi connectivity index (χ2v) is 5.27. The van der Waals surface area contributed by atoms with Gasteiger partial charge in [-0.1, -0.05) is 30.3 Å². The molecule has 0 aliphatic carbocycles. The monoisotopic (exact) mass is 262 g/mol. The Bertz CT molecular complexity index is 794. The fourth-order valence-corrected chi connectivity index (χ4v) is 2.37. The van der Waals surface area contributed by atoms with Crippen molar-refractivity contribution >= 4 is 5.65 Å². The Kier molecular flexibility index (Phi) is 2.76. The number of nitriles is 1. The Labute approximate surface area is 117 Å². The van der Waals surface area contributed by atoms with Gasteiger partial charge in [0.1, 0.15) is 5.82 Å². The zero-order valence-electron chi connectivity index (χ0n) is 11.4. The van der Waals surface area contributed by atoms with Crippen LogP contribution in [0.4, 0.5) is 0 Å². The van der Waals surface area contributed by atoms with Gasteiger partial charge in [0, 0.05) is 12.3 Å². The van der Waals surface area contributed by atoms with Crippen molar-refractivity contribution in [3.05, 3.63) is 65.6 Å². The van der Waals surface area contributed by atoms with Gasteiger partial charge >= 0.3 is 0 Å². The summed E-state index contributed by atoms with van der Waals surface area (Å²) in [7, 11) is 0. The van der Waals surface area contributed by atoms with Crippen molar-refractivity contribution in [1.82, 2.24) is 14.6 Å². The van der Waals surface area contributed by atoms with Crippen LogP contribution >= 0.6 is 0 Å². The van der Waals surface area contributed by atoms with Crippen molar-refractivity contribution in [2.75, 3.05) is 0 Å². The van der Waals surface area contributed by atoms with Gasteiger partial charge in [0.2, 0.25) is 0 Å². The van der Waals surface area contributed by atoms with Gasteiger partial charge in [0.25, 0.3) is 0 Å². The zero-order valence-corrected chi connectivity index (χ0v) is 11.4. The molecule has 0 amide bonds. The lowest BCUT2D eigenvalue weighted by molar-refractivity contribution is 0.582. The van der Waals surface area contributed by atoms with Crippen LogP contribution in [0.1, 0.15) is 30.8 Å². The molecule has 0 fully saturated rings. The standard InChI is InChI=1S/C16H14N4/c1-16(2,13-6-4-3-5-7-13)15-19-18-14-10-12(11-17)8-9-20(14)15/h3-10H,1-2H3. The summed E-state index contributed by atoms with van der Waals surface area (Å²) >= 11 is 0. The van der Waals surface area contributed by atoms with E-state index in [-0.39, 0.29) is 5.41 Å². The normalized spacial score (nSPS) is 11.4. The summed E-state index contributed by atoms with van der Waals surface area (Å²) in [6, 6.07) is 15.9. The number of hydrogen-bond acceptors (Lipinski definition) is 3. The quantitative estimate of drug-likeness (QED) is 0.713. The molecule has 1 aromatic carbocycles. The molecule has 20 heavy (non-hydrogen) atoms. The topological polar surface area (TPSA) is 54.0 Å². The number of benzene rings is 1. The van der Waals surface area contributed by atoms with Crippen LogP contribution in [-0.4, -0.2) is 14.6 Å². The van der Waals surface area contributed by atoms with E-state index in [0.29, 0.717) is 11.2 Å². The molecule has 0 atom stereocenters. The molecule has 0 spiro atoms. The number of aromatic nitrogens is 3. The highest BCUT2D eigenvalue weighted by Gasteiger charge is 2.28. The maximum atomic E-state index is 8.93. The highest BCUT2D eigenvalue weighted by molar-refractivity contribution is 5.47. The van der Waals surface area contributed by atoms with Crippen LogP contribution in [0.5, 0.6) is 0 Å². The van der Waals surface area contributed by atoms with E-state index in [2.05, 4.69) is 42.2 Å². The fraction of sp³-hybridized carbons (Fsp3) is 0.188. The van der Waals surface area contributed by atoms with Crippen molar-refractivity contribution in [3.8, 4) is 6.07 Å². The van der Waals surface area contributed by atoms with Crippen molar-refractivity contribution in [2.45, 2.75) is 19.3 Å². The highest BCUT2D eigenvalue weighted by atomic mass is 15.2. The molecule has 2 aromatic heterocycles. The lowest BCUT2D eigenvalue weighted by atomic mass is 9.84. The molecule has 0 unspecified atom stereocenters. The van der Waals surface area contributed by atoms with Gasteiger partial charge in [-0.05, 0) is 25.5 Å². The van der Waals surface area contributed by atoms with E-state index < -0.39 is 0 Å². The Morgan fingerprint density at radius 2 is 1.85 bits per heavy atom. The van der Waals surface area contributed by atoms with E-state index in [1.807, 2.05) is 28.8 Å². The summed E-state index contributed by atoms with van der Waals surface area (Å²) in [4.78, 5) is 0. The SMILES string of the molecule is CC(C)(c1ccccc1)c1nnc2cc(C#N)ccn12. The summed E-state index contributed by atoms with van der Waals surface area (Å²) < 4.78 is 1.94. The van der Waals surface area contributed by atoms with E-state index in [4.69, 9.17) is 5.26 Å². The van der Waals surface area contributed by atoms with Gasteiger partial charge in [-0.15, -0.1) is 10.2 Å². The Balaban J connectivity index is 2.18. The minimum absolute atomic E-state index is 0.255. The molecule has 2 heterocycles. The molecular formula is C16H14N4. The first-order valence-corrected chi connectivity index (χ1v) is 6.44. The third kappa shape index (κ3) is 1.84. The van der Waals surface area contributed by atoms with Crippen LogP contribution in [0.2, 0.25) is 0 Å². The van der Waals surface area contributed by atoms with Crippen LogP contribution < -0.4 is 0 Å². The number of nitrogens with zero attached hydrogens (tertiary/aromatic N) is 4. The van der Waals surface area contributed by atoms with E-state index in [1.165, 1.54) is 5.56 Å². The summed E-state index contributed by atoms with van der Waals surface area (Å²) in [6.07, 6.45) is 1.86. The lowest BCUT2D eigenvalue weighted by Gasteiger charge is -2.23. The van der Waals surface area contributed by atoms with Crippen molar-refractivity contribution in [2.24, 2.45) is 0 Å². The first-order chi connectivity index (χ1) is 9.63. The summed E-state index contributed by atoms with van der Waals surface area (Å²) in [5.41, 5.74) is 2.21. The lowest BCUT2D eigenvalue weighted by Crippen LogP contribution is -2.22. The van der Waals surface area contributed by atoms with Crippen molar-refractivity contribution in [3.63, 3.8) is 0 Å². The molecule has 3 aromatic rings. The van der Waals surface area contributed by atoms with Crippen molar-refractivity contribution in [1.29, 1.82) is 5.26 Å². The van der Waals surface area contributed by atoms with Crippen LogP contribution in [0.3, 0.4) is 0 Å². The molecule has 0 aliphatic heterocycles. The highest BCUT2D eigenvalue weighted by Crippen LogP contribution is 2.30. The van der Waals surface area contributed by atoms with Gasteiger partial charge in [-0.2, -0.15) is 5.26 Å². The van der Waals surface area contributed by atoms with Gasteiger partial charge in [-0.25, -0.2) is 0 Å². The third-order valence-corrected chi connectivity index (χ3v) is 3.59.